The van der Waals surface area contributed by atoms with E-state index in [0.29, 0.717) is 0 Å². The molecule has 2 rings (SSSR count). The number of nitrogens with one attached hydrogen (secondary N) is 1. The molecular formula is C11H19N5O2. The molecule has 1 aliphatic heterocycles. The van der Waals surface area contributed by atoms with Crippen LogP contribution in [0.2, 0.25) is 0 Å². The number of hydrogen-bond donors (Lipinski definition) is 1. The molecule has 1 aromatic heterocycles. The molecule has 1 aromatic rings. The van der Waals surface area contributed by atoms with Gasteiger partial charge in [0.25, 0.3) is 5.91 Å². The third kappa shape index (κ3) is 3.05. The van der Waals surface area contributed by atoms with Crippen molar-refractivity contribution < 1.29 is 9.53 Å². The zero-order valence-electron chi connectivity index (χ0n) is 10.8. The Kier molecular flexibility index (Phi) is 4.27. The van der Waals surface area contributed by atoms with Gasteiger partial charge in [0.2, 0.25) is 0 Å². The van der Waals surface area contributed by atoms with Crippen molar-refractivity contribution in [1.82, 2.24) is 25.0 Å². The summed E-state index contributed by atoms with van der Waals surface area (Å²) in [7, 11) is 1.56. The summed E-state index contributed by atoms with van der Waals surface area (Å²) in [6.07, 6.45) is 1.15. The van der Waals surface area contributed by atoms with Crippen molar-refractivity contribution in [2.45, 2.75) is 19.6 Å². The van der Waals surface area contributed by atoms with E-state index in [0.717, 1.165) is 38.5 Å². The molecule has 7 nitrogen and oxygen atoms in total. The number of hydrogen-bond acceptors (Lipinski definition) is 5. The van der Waals surface area contributed by atoms with Crippen LogP contribution in [0.15, 0.2) is 6.33 Å². The van der Waals surface area contributed by atoms with E-state index in [1.165, 1.54) is 6.33 Å². The lowest BCUT2D eigenvalue weighted by Gasteiger charge is -2.35. The maximum absolute atomic E-state index is 11.9. The largest absolute Gasteiger partial charge is 0.372 e. The summed E-state index contributed by atoms with van der Waals surface area (Å²) in [6, 6.07) is 0. The Hall–Kier alpha value is -1.47. The molecule has 7 heteroatoms. The Morgan fingerprint density at radius 2 is 2.22 bits per heavy atom. The molecule has 1 unspecified atom stereocenters. The zero-order valence-corrected chi connectivity index (χ0v) is 10.8. The lowest BCUT2D eigenvalue weighted by atomic mass is 10.2. The molecule has 100 valence electrons. The zero-order chi connectivity index (χ0) is 13.0. The number of piperazine rings is 1. The van der Waals surface area contributed by atoms with E-state index in [4.69, 9.17) is 4.74 Å². The molecule has 1 N–H and O–H groups in total. The number of rotatable bonds is 4. The number of ether oxygens (including phenoxy) is 1. The minimum absolute atomic E-state index is 0.0665. The van der Waals surface area contributed by atoms with Crippen molar-refractivity contribution in [2.24, 2.45) is 0 Å². The smallest absolute Gasteiger partial charge is 0.251 e. The summed E-state index contributed by atoms with van der Waals surface area (Å²) in [5.41, 5.74) is 0. The molecule has 0 radical (unpaired) electrons. The van der Waals surface area contributed by atoms with Gasteiger partial charge in [0.15, 0.2) is 0 Å². The van der Waals surface area contributed by atoms with Gasteiger partial charge in [-0.2, -0.15) is 5.10 Å². The van der Waals surface area contributed by atoms with Crippen molar-refractivity contribution in [3.63, 3.8) is 0 Å². The van der Waals surface area contributed by atoms with Crippen LogP contribution < -0.4 is 0 Å². The molecule has 2 heterocycles. The van der Waals surface area contributed by atoms with Gasteiger partial charge in [0.1, 0.15) is 18.3 Å². The summed E-state index contributed by atoms with van der Waals surface area (Å²) < 4.78 is 5.05. The fourth-order valence-electron chi connectivity index (χ4n) is 2.00. The van der Waals surface area contributed by atoms with Gasteiger partial charge in [0.05, 0.1) is 6.54 Å². The maximum atomic E-state index is 11.9. The predicted octanol–water partition coefficient (Wildman–Crippen LogP) is -0.516. The minimum Gasteiger partial charge on any atom is -0.372 e. The molecule has 0 bridgehead atoms. The van der Waals surface area contributed by atoms with Crippen molar-refractivity contribution in [1.29, 1.82) is 0 Å². The second-order valence-electron chi connectivity index (χ2n) is 4.41. The number of aromatic nitrogens is 3. The van der Waals surface area contributed by atoms with Gasteiger partial charge in [-0.05, 0) is 6.92 Å². The van der Waals surface area contributed by atoms with Crippen LogP contribution in [0.3, 0.4) is 0 Å². The SMILES string of the molecule is COC(C)C(=O)N1CCN(Cc2ncn[nH]2)CC1. The molecule has 1 amide bonds. The fourth-order valence-corrected chi connectivity index (χ4v) is 2.00. The van der Waals surface area contributed by atoms with Crippen LogP contribution in [0.4, 0.5) is 0 Å². The summed E-state index contributed by atoms with van der Waals surface area (Å²) in [5.74, 6) is 0.928. The van der Waals surface area contributed by atoms with E-state index in [1.54, 1.807) is 14.0 Å². The van der Waals surface area contributed by atoms with E-state index in [9.17, 15) is 4.79 Å². The second kappa shape index (κ2) is 5.92. The van der Waals surface area contributed by atoms with E-state index in [1.807, 2.05) is 4.90 Å². The normalized spacial score (nSPS) is 18.9. The van der Waals surface area contributed by atoms with Crippen molar-refractivity contribution in [2.75, 3.05) is 33.3 Å². The number of methoxy groups -OCH3 is 1. The first kappa shape index (κ1) is 13.0. The number of amides is 1. The van der Waals surface area contributed by atoms with E-state index < -0.39 is 0 Å². The number of carbonyl (C=O) groups excluding carboxylic acids is 1. The van der Waals surface area contributed by atoms with Crippen LogP contribution in [0.5, 0.6) is 0 Å². The van der Waals surface area contributed by atoms with Crippen molar-refractivity contribution in [3.8, 4) is 0 Å². The minimum atomic E-state index is -0.356. The third-order valence-electron chi connectivity index (χ3n) is 3.22. The first-order chi connectivity index (χ1) is 8.70. The lowest BCUT2D eigenvalue weighted by Crippen LogP contribution is -2.51. The molecular weight excluding hydrogens is 234 g/mol. The average Bonchev–Trinajstić information content (AvgIpc) is 2.91. The molecule has 0 saturated carbocycles. The molecule has 0 aliphatic carbocycles. The topological polar surface area (TPSA) is 74.3 Å². The van der Waals surface area contributed by atoms with E-state index >= 15 is 0 Å². The molecule has 18 heavy (non-hydrogen) atoms. The van der Waals surface area contributed by atoms with Crippen LogP contribution in [-0.2, 0) is 16.1 Å². The van der Waals surface area contributed by atoms with E-state index in [-0.39, 0.29) is 12.0 Å². The van der Waals surface area contributed by atoms with E-state index in [2.05, 4.69) is 20.1 Å². The summed E-state index contributed by atoms with van der Waals surface area (Å²) in [5, 5.41) is 6.66. The first-order valence-corrected chi connectivity index (χ1v) is 6.09. The Morgan fingerprint density at radius 3 is 2.78 bits per heavy atom. The Labute approximate surface area is 106 Å². The molecule has 1 atom stereocenters. The standard InChI is InChI=1S/C11H19N5O2/c1-9(18-2)11(17)16-5-3-15(4-6-16)7-10-12-8-13-14-10/h8-9H,3-7H2,1-2H3,(H,12,13,14). The number of nitrogens with zero attached hydrogens (tertiary/aromatic N) is 4. The Bertz CT molecular complexity index is 373. The number of H-pyrrole nitrogens is 1. The quantitative estimate of drug-likeness (QED) is 0.782. The van der Waals surface area contributed by atoms with Gasteiger partial charge in [-0.25, -0.2) is 4.98 Å². The Morgan fingerprint density at radius 1 is 1.50 bits per heavy atom. The highest BCUT2D eigenvalue weighted by atomic mass is 16.5. The first-order valence-electron chi connectivity index (χ1n) is 6.09. The molecule has 1 saturated heterocycles. The summed E-state index contributed by atoms with van der Waals surface area (Å²) in [4.78, 5) is 20.1. The monoisotopic (exact) mass is 253 g/mol. The summed E-state index contributed by atoms with van der Waals surface area (Å²) in [6.45, 7) is 5.71. The highest BCUT2D eigenvalue weighted by Crippen LogP contribution is 2.07. The Balaban J connectivity index is 1.79. The lowest BCUT2D eigenvalue weighted by molar-refractivity contribution is -0.142. The molecule has 1 aliphatic rings. The van der Waals surface area contributed by atoms with Crippen LogP contribution in [-0.4, -0.2) is 70.3 Å². The van der Waals surface area contributed by atoms with Gasteiger partial charge in [-0.1, -0.05) is 0 Å². The van der Waals surface area contributed by atoms with Gasteiger partial charge >= 0.3 is 0 Å². The van der Waals surface area contributed by atoms with Crippen LogP contribution in [0, 0.1) is 0 Å². The average molecular weight is 253 g/mol. The molecule has 0 aromatic carbocycles. The second-order valence-corrected chi connectivity index (χ2v) is 4.41. The number of aromatic amines is 1. The van der Waals surface area contributed by atoms with Gasteiger partial charge in [-0.15, -0.1) is 0 Å². The maximum Gasteiger partial charge on any atom is 0.251 e. The molecule has 0 spiro atoms. The van der Waals surface area contributed by atoms with Crippen molar-refractivity contribution >= 4 is 5.91 Å². The summed E-state index contributed by atoms with van der Waals surface area (Å²) >= 11 is 0. The van der Waals surface area contributed by atoms with Gasteiger partial charge in [0, 0.05) is 33.3 Å². The third-order valence-corrected chi connectivity index (χ3v) is 3.22. The fraction of sp³-hybridized carbons (Fsp3) is 0.727. The highest BCUT2D eigenvalue weighted by Gasteiger charge is 2.24. The predicted molar refractivity (Wildman–Crippen MR) is 64.7 cm³/mol. The van der Waals surface area contributed by atoms with Crippen LogP contribution in [0.25, 0.3) is 0 Å². The van der Waals surface area contributed by atoms with Gasteiger partial charge in [-0.3, -0.25) is 14.8 Å². The van der Waals surface area contributed by atoms with Crippen LogP contribution >= 0.6 is 0 Å². The molecule has 1 fully saturated rings. The highest BCUT2D eigenvalue weighted by molar-refractivity contribution is 5.80. The van der Waals surface area contributed by atoms with Crippen molar-refractivity contribution in [3.05, 3.63) is 12.2 Å². The van der Waals surface area contributed by atoms with Crippen LogP contribution in [0.1, 0.15) is 12.7 Å². The van der Waals surface area contributed by atoms with Gasteiger partial charge < -0.3 is 9.64 Å². The number of carbonyl (C=O) groups is 1.